The van der Waals surface area contributed by atoms with Crippen LogP contribution in [0.3, 0.4) is 0 Å². The molecule has 6 heteroatoms. The number of fused-ring (bicyclic) bond motifs is 1. The number of aromatic nitrogens is 1. The monoisotopic (exact) mass is 420 g/mol. The zero-order valence-electron chi connectivity index (χ0n) is 17.2. The van der Waals surface area contributed by atoms with Crippen LogP contribution in [0.25, 0.3) is 17.0 Å². The van der Waals surface area contributed by atoms with E-state index in [4.69, 9.17) is 21.1 Å². The summed E-state index contributed by atoms with van der Waals surface area (Å²) in [5, 5.41) is 1.15. The second-order valence-corrected chi connectivity index (χ2v) is 8.45. The third-order valence-electron chi connectivity index (χ3n) is 4.92. The van der Waals surface area contributed by atoms with E-state index < -0.39 is 5.97 Å². The zero-order chi connectivity index (χ0) is 21.5. The molecule has 0 saturated carbocycles. The summed E-state index contributed by atoms with van der Waals surface area (Å²) in [7, 11) is 1.60. The molecule has 30 heavy (non-hydrogen) atoms. The Morgan fingerprint density at radius 1 is 1.07 bits per heavy atom. The quantitative estimate of drug-likeness (QED) is 0.317. The van der Waals surface area contributed by atoms with Crippen LogP contribution in [0.4, 0.5) is 0 Å². The Balaban J connectivity index is 1.67. The first-order valence-corrected chi connectivity index (χ1v) is 9.90. The number of aliphatic imine (C=N–C) groups is 1. The molecule has 152 valence electrons. The number of nitrogens with zero attached hydrogens (tertiary/aromatic N) is 2. The third kappa shape index (κ3) is 3.94. The number of methoxy groups -OCH3 is 1. The highest BCUT2D eigenvalue weighted by Crippen LogP contribution is 2.28. The SMILES string of the molecule is COc1ccc2cc(C=C3N=C(c4ccc(C(C)(C)C)cc4)OC3=O)c(Cl)nc2c1. The minimum absolute atomic E-state index is 0.0433. The maximum Gasteiger partial charge on any atom is 0.363 e. The van der Waals surface area contributed by atoms with Crippen molar-refractivity contribution in [3.8, 4) is 5.75 Å². The van der Waals surface area contributed by atoms with E-state index >= 15 is 0 Å². The van der Waals surface area contributed by atoms with E-state index in [-0.39, 0.29) is 22.2 Å². The average molecular weight is 421 g/mol. The molecule has 1 aliphatic heterocycles. The van der Waals surface area contributed by atoms with Crippen molar-refractivity contribution in [2.24, 2.45) is 4.99 Å². The summed E-state index contributed by atoms with van der Waals surface area (Å²) in [6, 6.07) is 15.3. The largest absolute Gasteiger partial charge is 0.497 e. The Morgan fingerprint density at radius 3 is 2.47 bits per heavy atom. The maximum absolute atomic E-state index is 12.4. The summed E-state index contributed by atoms with van der Waals surface area (Å²) in [4.78, 5) is 21.1. The van der Waals surface area contributed by atoms with E-state index in [0.717, 1.165) is 10.9 Å². The van der Waals surface area contributed by atoms with Gasteiger partial charge in [-0.1, -0.05) is 44.5 Å². The fourth-order valence-corrected chi connectivity index (χ4v) is 3.36. The van der Waals surface area contributed by atoms with Crippen LogP contribution in [0.5, 0.6) is 5.75 Å². The Labute approximate surface area is 180 Å². The van der Waals surface area contributed by atoms with Crippen LogP contribution in [-0.4, -0.2) is 24.0 Å². The first kappa shape index (κ1) is 20.1. The molecule has 0 aliphatic carbocycles. The van der Waals surface area contributed by atoms with E-state index in [1.807, 2.05) is 42.5 Å². The highest BCUT2D eigenvalue weighted by molar-refractivity contribution is 6.31. The van der Waals surface area contributed by atoms with Gasteiger partial charge in [-0.05, 0) is 47.4 Å². The van der Waals surface area contributed by atoms with Gasteiger partial charge in [0.1, 0.15) is 10.9 Å². The molecule has 0 amide bonds. The van der Waals surface area contributed by atoms with Crippen LogP contribution in [0.15, 0.2) is 59.2 Å². The summed E-state index contributed by atoms with van der Waals surface area (Å²) in [5.74, 6) is 0.459. The summed E-state index contributed by atoms with van der Waals surface area (Å²) in [6.07, 6.45) is 1.60. The van der Waals surface area contributed by atoms with Gasteiger partial charge in [0.25, 0.3) is 0 Å². The maximum atomic E-state index is 12.4. The van der Waals surface area contributed by atoms with Crippen LogP contribution in [0.1, 0.15) is 37.5 Å². The molecule has 0 unspecified atom stereocenters. The van der Waals surface area contributed by atoms with Crippen molar-refractivity contribution in [2.45, 2.75) is 26.2 Å². The van der Waals surface area contributed by atoms with Gasteiger partial charge in [-0.3, -0.25) is 0 Å². The predicted octanol–water partition coefficient (Wildman–Crippen LogP) is 5.54. The number of cyclic esters (lactones) is 1. The lowest BCUT2D eigenvalue weighted by atomic mass is 9.87. The van der Waals surface area contributed by atoms with E-state index in [0.29, 0.717) is 16.8 Å². The van der Waals surface area contributed by atoms with Crippen molar-refractivity contribution >= 4 is 40.4 Å². The van der Waals surface area contributed by atoms with Crippen molar-refractivity contribution < 1.29 is 14.3 Å². The molecule has 0 N–H and O–H groups in total. The molecular weight excluding hydrogens is 400 g/mol. The number of pyridine rings is 1. The van der Waals surface area contributed by atoms with Gasteiger partial charge in [0, 0.05) is 22.6 Å². The number of ether oxygens (including phenoxy) is 2. The Kier molecular flexibility index (Phi) is 5.08. The summed E-state index contributed by atoms with van der Waals surface area (Å²) in [6.45, 7) is 6.44. The van der Waals surface area contributed by atoms with Gasteiger partial charge in [0.2, 0.25) is 5.90 Å². The average Bonchev–Trinajstić information content (AvgIpc) is 3.08. The highest BCUT2D eigenvalue weighted by atomic mass is 35.5. The topological polar surface area (TPSA) is 60.8 Å². The molecule has 5 nitrogen and oxygen atoms in total. The minimum Gasteiger partial charge on any atom is -0.497 e. The Bertz CT molecular complexity index is 1210. The van der Waals surface area contributed by atoms with Crippen LogP contribution in [-0.2, 0) is 14.9 Å². The fraction of sp³-hybridized carbons (Fsp3) is 0.208. The second kappa shape index (κ2) is 7.58. The molecule has 2 aromatic carbocycles. The number of carbonyl (C=O) groups is 1. The molecule has 0 fully saturated rings. The molecule has 0 atom stereocenters. The molecule has 2 heterocycles. The summed E-state index contributed by atoms with van der Waals surface area (Å²) < 4.78 is 10.6. The van der Waals surface area contributed by atoms with E-state index in [2.05, 4.69) is 30.7 Å². The normalized spacial score (nSPS) is 15.4. The molecule has 0 radical (unpaired) electrons. The van der Waals surface area contributed by atoms with Crippen LogP contribution < -0.4 is 4.74 Å². The molecule has 1 aliphatic rings. The molecule has 0 spiro atoms. The van der Waals surface area contributed by atoms with Crippen molar-refractivity contribution in [3.05, 3.63) is 76.1 Å². The van der Waals surface area contributed by atoms with E-state index in [1.165, 1.54) is 5.56 Å². The summed E-state index contributed by atoms with van der Waals surface area (Å²) in [5.41, 5.74) is 3.46. The minimum atomic E-state index is -0.518. The number of benzene rings is 2. The van der Waals surface area contributed by atoms with Crippen molar-refractivity contribution in [1.29, 1.82) is 0 Å². The lowest BCUT2D eigenvalue weighted by molar-refractivity contribution is -0.129. The molecule has 4 rings (SSSR count). The third-order valence-corrected chi connectivity index (χ3v) is 5.22. The van der Waals surface area contributed by atoms with Crippen LogP contribution >= 0.6 is 11.6 Å². The van der Waals surface area contributed by atoms with Gasteiger partial charge in [0.15, 0.2) is 5.70 Å². The smallest absolute Gasteiger partial charge is 0.363 e. The Morgan fingerprint density at radius 2 is 1.80 bits per heavy atom. The molecule has 1 aromatic heterocycles. The number of hydrogen-bond acceptors (Lipinski definition) is 5. The highest BCUT2D eigenvalue weighted by Gasteiger charge is 2.25. The standard InChI is InChI=1S/C24H21ClN2O3/c1-24(2,3)17-8-5-14(6-9-17)22-27-20(23(28)30-22)12-16-11-15-7-10-18(29-4)13-19(15)26-21(16)25/h5-13H,1-4H3. The number of carbonyl (C=O) groups excluding carboxylic acids is 1. The van der Waals surface area contributed by atoms with Gasteiger partial charge in [-0.2, -0.15) is 0 Å². The molecular formula is C24H21ClN2O3. The van der Waals surface area contributed by atoms with Gasteiger partial charge in [-0.25, -0.2) is 14.8 Å². The van der Waals surface area contributed by atoms with Gasteiger partial charge in [-0.15, -0.1) is 0 Å². The fourth-order valence-electron chi connectivity index (χ4n) is 3.16. The first-order chi connectivity index (χ1) is 14.2. The second-order valence-electron chi connectivity index (χ2n) is 8.09. The van der Waals surface area contributed by atoms with Gasteiger partial charge < -0.3 is 9.47 Å². The van der Waals surface area contributed by atoms with E-state index in [9.17, 15) is 4.79 Å². The summed E-state index contributed by atoms with van der Waals surface area (Å²) >= 11 is 6.34. The van der Waals surface area contributed by atoms with Crippen LogP contribution in [0, 0.1) is 0 Å². The van der Waals surface area contributed by atoms with Crippen molar-refractivity contribution in [1.82, 2.24) is 4.98 Å². The van der Waals surface area contributed by atoms with E-state index in [1.54, 1.807) is 19.3 Å². The molecule has 3 aromatic rings. The molecule has 0 saturated heterocycles. The van der Waals surface area contributed by atoms with Crippen LogP contribution in [0.2, 0.25) is 5.15 Å². The lowest BCUT2D eigenvalue weighted by Gasteiger charge is -2.18. The number of rotatable bonds is 3. The predicted molar refractivity (Wildman–Crippen MR) is 119 cm³/mol. The zero-order valence-corrected chi connectivity index (χ0v) is 17.9. The van der Waals surface area contributed by atoms with Crippen molar-refractivity contribution in [3.63, 3.8) is 0 Å². The number of halogens is 1. The number of hydrogen-bond donors (Lipinski definition) is 0. The lowest BCUT2D eigenvalue weighted by Crippen LogP contribution is -2.11. The van der Waals surface area contributed by atoms with Gasteiger partial charge >= 0.3 is 5.97 Å². The first-order valence-electron chi connectivity index (χ1n) is 9.52. The Hall–Kier alpha value is -3.18. The number of esters is 1. The van der Waals surface area contributed by atoms with Gasteiger partial charge in [0.05, 0.1) is 12.6 Å². The van der Waals surface area contributed by atoms with Crippen molar-refractivity contribution in [2.75, 3.05) is 7.11 Å². The molecule has 0 bridgehead atoms.